The van der Waals surface area contributed by atoms with Crippen LogP contribution in [0, 0.1) is 5.92 Å². The van der Waals surface area contributed by atoms with E-state index in [0.717, 1.165) is 25.7 Å². The van der Waals surface area contributed by atoms with Gasteiger partial charge in [-0.3, -0.25) is 0 Å². The van der Waals surface area contributed by atoms with E-state index in [1.807, 2.05) is 13.0 Å². The van der Waals surface area contributed by atoms with E-state index in [1.54, 1.807) is 31.4 Å². The molecule has 1 saturated heterocycles. The van der Waals surface area contributed by atoms with Crippen LogP contribution in [0.1, 0.15) is 51.9 Å². The summed E-state index contributed by atoms with van der Waals surface area (Å²) in [6, 6.07) is 8.61. The maximum absolute atomic E-state index is 12.7. The first-order valence-corrected chi connectivity index (χ1v) is 12.3. The van der Waals surface area contributed by atoms with Crippen LogP contribution in [0.3, 0.4) is 0 Å². The Kier molecular flexibility index (Phi) is 8.10. The van der Waals surface area contributed by atoms with Gasteiger partial charge in [-0.25, -0.2) is 8.42 Å². The zero-order valence-corrected chi connectivity index (χ0v) is 18.4. The van der Waals surface area contributed by atoms with Gasteiger partial charge in [0.1, 0.15) is 6.79 Å². The summed E-state index contributed by atoms with van der Waals surface area (Å²) in [6.07, 6.45) is 6.60. The van der Waals surface area contributed by atoms with Gasteiger partial charge >= 0.3 is 0 Å². The third-order valence-electron chi connectivity index (χ3n) is 5.75. The Morgan fingerprint density at radius 3 is 2.59 bits per heavy atom. The van der Waals surface area contributed by atoms with E-state index in [9.17, 15) is 8.42 Å². The van der Waals surface area contributed by atoms with Crippen LogP contribution in [-0.4, -0.2) is 52.7 Å². The highest BCUT2D eigenvalue weighted by Gasteiger charge is 2.42. The second-order valence-electron chi connectivity index (χ2n) is 8.39. The molecule has 0 bridgehead atoms. The van der Waals surface area contributed by atoms with Crippen molar-refractivity contribution in [2.24, 2.45) is 5.92 Å². The lowest BCUT2D eigenvalue weighted by molar-refractivity contribution is -0.191. The predicted octanol–water partition coefficient (Wildman–Crippen LogP) is 3.94. The molecule has 7 heteroatoms. The van der Waals surface area contributed by atoms with Crippen LogP contribution in [0.2, 0.25) is 0 Å². The monoisotopic (exact) mass is 426 g/mol. The van der Waals surface area contributed by atoms with Crippen molar-refractivity contribution >= 4 is 9.84 Å². The van der Waals surface area contributed by atoms with Crippen LogP contribution in [0.15, 0.2) is 35.2 Å². The number of hydrogen-bond donors (Lipinski definition) is 0. The summed E-state index contributed by atoms with van der Waals surface area (Å²) in [4.78, 5) is 0.368. The second-order valence-corrected chi connectivity index (χ2v) is 10.4. The Hall–Kier alpha value is -0.990. The second kappa shape index (κ2) is 10.4. The zero-order chi connectivity index (χ0) is 20.7. The predicted molar refractivity (Wildman–Crippen MR) is 110 cm³/mol. The number of ether oxygens (including phenoxy) is 4. The molecule has 29 heavy (non-hydrogen) atoms. The fourth-order valence-corrected chi connectivity index (χ4v) is 6.04. The van der Waals surface area contributed by atoms with Gasteiger partial charge in [-0.15, -0.1) is 0 Å². The van der Waals surface area contributed by atoms with Gasteiger partial charge in [0.05, 0.1) is 29.5 Å². The summed E-state index contributed by atoms with van der Waals surface area (Å²) in [5, 5.41) is 0. The lowest BCUT2D eigenvalue weighted by Crippen LogP contribution is -2.34. The molecule has 164 valence electrons. The molecule has 3 rings (SSSR count). The molecule has 1 spiro atoms. The van der Waals surface area contributed by atoms with Gasteiger partial charge in [0.2, 0.25) is 0 Å². The van der Waals surface area contributed by atoms with Gasteiger partial charge in [0.15, 0.2) is 15.6 Å². The average Bonchev–Trinajstić information content (AvgIpc) is 3.08. The molecule has 0 N–H and O–H groups in total. The number of benzene rings is 1. The van der Waals surface area contributed by atoms with Crippen molar-refractivity contribution in [2.75, 3.05) is 26.3 Å². The summed E-state index contributed by atoms with van der Waals surface area (Å²) >= 11 is 0. The van der Waals surface area contributed by atoms with Crippen molar-refractivity contribution in [2.45, 2.75) is 74.8 Å². The van der Waals surface area contributed by atoms with Gasteiger partial charge in [0, 0.05) is 26.4 Å². The Balaban J connectivity index is 1.55. The maximum Gasteiger partial charge on any atom is 0.178 e. The third-order valence-corrected chi connectivity index (χ3v) is 7.75. The minimum Gasteiger partial charge on any atom is -0.359 e. The van der Waals surface area contributed by atoms with E-state index in [0.29, 0.717) is 24.3 Å². The number of rotatable bonds is 10. The van der Waals surface area contributed by atoms with E-state index >= 15 is 0 Å². The van der Waals surface area contributed by atoms with Crippen molar-refractivity contribution < 1.29 is 27.4 Å². The van der Waals surface area contributed by atoms with Gasteiger partial charge < -0.3 is 18.9 Å². The fraction of sp³-hybridized carbons (Fsp3) is 0.727. The molecule has 1 aliphatic heterocycles. The summed E-state index contributed by atoms with van der Waals surface area (Å²) in [6.45, 7) is 2.71. The Labute approximate surface area is 174 Å². The van der Waals surface area contributed by atoms with E-state index < -0.39 is 15.6 Å². The molecule has 0 unspecified atom stereocenters. The van der Waals surface area contributed by atoms with Gasteiger partial charge in [-0.1, -0.05) is 31.5 Å². The van der Waals surface area contributed by atoms with Crippen molar-refractivity contribution in [3.8, 4) is 0 Å². The van der Waals surface area contributed by atoms with Crippen LogP contribution in [0.4, 0.5) is 0 Å². The van der Waals surface area contributed by atoms with Crippen molar-refractivity contribution in [1.82, 2.24) is 0 Å². The summed E-state index contributed by atoms with van der Waals surface area (Å²) in [5.74, 6) is -0.361. The molecule has 0 radical (unpaired) electrons. The highest BCUT2D eigenvalue weighted by atomic mass is 32.2. The van der Waals surface area contributed by atoms with E-state index in [2.05, 4.69) is 0 Å². The average molecular weight is 427 g/mol. The van der Waals surface area contributed by atoms with E-state index in [4.69, 9.17) is 18.9 Å². The summed E-state index contributed by atoms with van der Waals surface area (Å²) in [5.41, 5.74) is 0. The van der Waals surface area contributed by atoms with Gasteiger partial charge in [-0.2, -0.15) is 0 Å². The highest BCUT2D eigenvalue weighted by Crippen LogP contribution is 2.39. The Morgan fingerprint density at radius 1 is 1.17 bits per heavy atom. The first kappa shape index (κ1) is 22.7. The molecule has 1 heterocycles. The van der Waals surface area contributed by atoms with Crippen LogP contribution in [-0.2, 0) is 28.8 Å². The van der Waals surface area contributed by atoms with Crippen LogP contribution >= 0.6 is 0 Å². The smallest absolute Gasteiger partial charge is 0.178 e. The lowest BCUT2D eigenvalue weighted by atomic mass is 9.94. The number of methoxy groups -OCH3 is 1. The molecule has 3 atom stereocenters. The number of sulfone groups is 1. The molecule has 2 fully saturated rings. The molecule has 1 aromatic rings. The fourth-order valence-electron chi connectivity index (χ4n) is 4.39. The molecule has 0 amide bonds. The molecule has 0 aromatic heterocycles. The minimum absolute atomic E-state index is 0.0205. The molecular formula is C22H34O6S. The molecule has 1 saturated carbocycles. The quantitative estimate of drug-likeness (QED) is 0.528. The highest BCUT2D eigenvalue weighted by molar-refractivity contribution is 7.91. The standard InChI is InChI=1S/C22H34O6S/c1-18(16-29(23,24)21-9-5-3-6-10-21)13-19(26-17-25-2)14-20-15-27-22(28-20)11-7-4-8-12-22/h3,5-6,9-10,18-20H,4,7-8,11-17H2,1-2H3/t18-,19-,20-/m0/s1. The maximum atomic E-state index is 12.7. The largest absolute Gasteiger partial charge is 0.359 e. The first-order chi connectivity index (χ1) is 13.9. The Bertz CT molecular complexity index is 714. The molecule has 1 aromatic carbocycles. The van der Waals surface area contributed by atoms with Crippen molar-refractivity contribution in [3.63, 3.8) is 0 Å². The SMILES string of the molecule is COCO[C@@H](C[C@H](C)CS(=O)(=O)c1ccccc1)C[C@H]1COC2(CCCCC2)O1. The van der Waals surface area contributed by atoms with Crippen molar-refractivity contribution in [3.05, 3.63) is 30.3 Å². The summed E-state index contributed by atoms with van der Waals surface area (Å²) < 4.78 is 48.6. The topological polar surface area (TPSA) is 71.1 Å². The lowest BCUT2D eigenvalue weighted by Gasteiger charge is -2.32. The molecule has 2 aliphatic rings. The molecule has 6 nitrogen and oxygen atoms in total. The van der Waals surface area contributed by atoms with Gasteiger partial charge in [-0.05, 0) is 37.3 Å². The first-order valence-electron chi connectivity index (χ1n) is 10.6. The van der Waals surface area contributed by atoms with Crippen LogP contribution < -0.4 is 0 Å². The van der Waals surface area contributed by atoms with Crippen LogP contribution in [0.5, 0.6) is 0 Å². The Morgan fingerprint density at radius 2 is 1.90 bits per heavy atom. The number of hydrogen-bond acceptors (Lipinski definition) is 6. The van der Waals surface area contributed by atoms with Gasteiger partial charge in [0.25, 0.3) is 0 Å². The molecular weight excluding hydrogens is 392 g/mol. The van der Waals surface area contributed by atoms with Crippen LogP contribution in [0.25, 0.3) is 0 Å². The molecule has 1 aliphatic carbocycles. The zero-order valence-electron chi connectivity index (χ0n) is 17.5. The van der Waals surface area contributed by atoms with E-state index in [1.165, 1.54) is 6.42 Å². The summed E-state index contributed by atoms with van der Waals surface area (Å²) in [7, 11) is -1.73. The van der Waals surface area contributed by atoms with E-state index in [-0.39, 0.29) is 30.7 Å². The minimum atomic E-state index is -3.32. The normalized spacial score (nSPS) is 23.9. The van der Waals surface area contributed by atoms with Crippen molar-refractivity contribution in [1.29, 1.82) is 0 Å². The third kappa shape index (κ3) is 6.49.